The van der Waals surface area contributed by atoms with E-state index in [1.54, 1.807) is 17.0 Å². The third kappa shape index (κ3) is 5.49. The van der Waals surface area contributed by atoms with E-state index in [1.165, 1.54) is 18.2 Å². The highest BCUT2D eigenvalue weighted by atomic mass is 16.6. The first-order chi connectivity index (χ1) is 11.2. The predicted octanol–water partition coefficient (Wildman–Crippen LogP) is 2.80. The van der Waals surface area contributed by atoms with E-state index in [2.05, 4.69) is 0 Å². The summed E-state index contributed by atoms with van der Waals surface area (Å²) >= 11 is 0. The van der Waals surface area contributed by atoms with Gasteiger partial charge >= 0.3 is 5.97 Å². The van der Waals surface area contributed by atoms with E-state index in [9.17, 15) is 19.7 Å². The number of para-hydroxylation sites is 1. The number of nitro benzene ring substituents is 1. The van der Waals surface area contributed by atoms with Crippen LogP contribution in [0.2, 0.25) is 0 Å². The largest absolute Gasteiger partial charge is 0.452 e. The van der Waals surface area contributed by atoms with E-state index >= 15 is 0 Å². The first-order valence-corrected chi connectivity index (χ1v) is 7.63. The molecule has 7 nitrogen and oxygen atoms in total. The molecule has 0 radical (unpaired) electrons. The average Bonchev–Trinajstić information content (AvgIpc) is 2.50. The van der Waals surface area contributed by atoms with Gasteiger partial charge in [-0.15, -0.1) is 0 Å². The molecule has 0 fully saturated rings. The number of nitro groups is 1. The third-order valence-corrected chi connectivity index (χ3v) is 3.27. The standard InChI is InChI=1S/C17H22N2O5/c1-12(2)18(13(3)4)16(20)11-24-17(21)10-9-14-7-5-6-8-15(14)19(22)23/h5-10,12-13H,11H2,1-4H3/b10-9+. The fourth-order valence-corrected chi connectivity index (χ4v) is 2.38. The van der Waals surface area contributed by atoms with Crippen LogP contribution in [0, 0.1) is 10.1 Å². The molecule has 1 aromatic rings. The second kappa shape index (κ2) is 8.81. The fraction of sp³-hybridized carbons (Fsp3) is 0.412. The average molecular weight is 334 g/mol. The lowest BCUT2D eigenvalue weighted by Gasteiger charge is -2.30. The SMILES string of the molecule is CC(C)N(C(=O)COC(=O)/C=C/c1ccccc1[N+](=O)[O-])C(C)C. The van der Waals surface area contributed by atoms with Gasteiger partial charge in [0.15, 0.2) is 6.61 Å². The molecule has 0 unspecified atom stereocenters. The van der Waals surface area contributed by atoms with Crippen LogP contribution in [0.3, 0.4) is 0 Å². The Kier molecular flexibility index (Phi) is 7.10. The van der Waals surface area contributed by atoms with Gasteiger partial charge in [0.25, 0.3) is 11.6 Å². The van der Waals surface area contributed by atoms with Crippen molar-refractivity contribution in [3.05, 3.63) is 46.0 Å². The van der Waals surface area contributed by atoms with Gasteiger partial charge in [-0.25, -0.2) is 4.79 Å². The van der Waals surface area contributed by atoms with Crippen LogP contribution in [0.25, 0.3) is 6.08 Å². The molecule has 0 saturated heterocycles. The maximum absolute atomic E-state index is 12.1. The Labute approximate surface area is 141 Å². The molecule has 0 heterocycles. The van der Waals surface area contributed by atoms with Crippen molar-refractivity contribution in [1.82, 2.24) is 4.90 Å². The minimum absolute atomic E-state index is 0.00119. The Morgan fingerprint density at radius 2 is 1.79 bits per heavy atom. The van der Waals surface area contributed by atoms with Gasteiger partial charge in [0.1, 0.15) is 0 Å². The molecule has 1 rings (SSSR count). The molecule has 0 N–H and O–H groups in total. The number of rotatable bonds is 7. The molecule has 0 aliphatic rings. The highest BCUT2D eigenvalue weighted by Gasteiger charge is 2.20. The van der Waals surface area contributed by atoms with Gasteiger partial charge in [-0.1, -0.05) is 12.1 Å². The molecular weight excluding hydrogens is 312 g/mol. The number of ether oxygens (including phenoxy) is 1. The molecule has 0 spiro atoms. The lowest BCUT2D eigenvalue weighted by Crippen LogP contribution is -2.44. The highest BCUT2D eigenvalue weighted by molar-refractivity contribution is 5.90. The van der Waals surface area contributed by atoms with Crippen molar-refractivity contribution in [3.8, 4) is 0 Å². The lowest BCUT2D eigenvalue weighted by molar-refractivity contribution is -0.385. The van der Waals surface area contributed by atoms with E-state index < -0.39 is 10.9 Å². The number of benzene rings is 1. The van der Waals surface area contributed by atoms with Crippen LogP contribution in [0.15, 0.2) is 30.3 Å². The summed E-state index contributed by atoms with van der Waals surface area (Å²) in [5.41, 5.74) is 0.181. The molecule has 0 atom stereocenters. The van der Waals surface area contributed by atoms with Crippen molar-refractivity contribution >= 4 is 23.6 Å². The smallest absolute Gasteiger partial charge is 0.331 e. The zero-order chi connectivity index (χ0) is 18.3. The van der Waals surface area contributed by atoms with Gasteiger partial charge in [-0.3, -0.25) is 14.9 Å². The third-order valence-electron chi connectivity index (χ3n) is 3.27. The first-order valence-electron chi connectivity index (χ1n) is 7.63. The molecule has 0 bridgehead atoms. The molecule has 1 aromatic carbocycles. The van der Waals surface area contributed by atoms with Gasteiger partial charge in [0, 0.05) is 24.2 Å². The Morgan fingerprint density at radius 3 is 2.33 bits per heavy atom. The second-order valence-corrected chi connectivity index (χ2v) is 5.75. The number of carbonyl (C=O) groups excluding carboxylic acids is 2. The molecule has 1 amide bonds. The van der Waals surface area contributed by atoms with Crippen molar-refractivity contribution in [2.24, 2.45) is 0 Å². The molecule has 0 aromatic heterocycles. The molecule has 24 heavy (non-hydrogen) atoms. The Hall–Kier alpha value is -2.70. The summed E-state index contributed by atoms with van der Waals surface area (Å²) < 4.78 is 4.92. The summed E-state index contributed by atoms with van der Waals surface area (Å²) in [6.07, 6.45) is 2.37. The minimum Gasteiger partial charge on any atom is -0.452 e. The maximum atomic E-state index is 12.1. The van der Waals surface area contributed by atoms with E-state index in [1.807, 2.05) is 27.7 Å². The molecular formula is C17H22N2O5. The van der Waals surface area contributed by atoms with Crippen LogP contribution < -0.4 is 0 Å². The maximum Gasteiger partial charge on any atom is 0.331 e. The Morgan fingerprint density at radius 1 is 1.21 bits per heavy atom. The van der Waals surface area contributed by atoms with E-state index in [0.717, 1.165) is 6.08 Å². The van der Waals surface area contributed by atoms with E-state index in [0.29, 0.717) is 0 Å². The van der Waals surface area contributed by atoms with Crippen molar-refractivity contribution < 1.29 is 19.2 Å². The van der Waals surface area contributed by atoms with Crippen molar-refractivity contribution in [2.75, 3.05) is 6.61 Å². The van der Waals surface area contributed by atoms with Gasteiger partial charge < -0.3 is 9.64 Å². The summed E-state index contributed by atoms with van der Waals surface area (Å²) in [5.74, 6) is -1.01. The quantitative estimate of drug-likeness (QED) is 0.331. The van der Waals surface area contributed by atoms with Crippen molar-refractivity contribution in [2.45, 2.75) is 39.8 Å². The minimum atomic E-state index is -0.728. The number of amides is 1. The number of esters is 1. The zero-order valence-electron chi connectivity index (χ0n) is 14.3. The highest BCUT2D eigenvalue weighted by Crippen LogP contribution is 2.18. The summed E-state index contributed by atoms with van der Waals surface area (Å²) in [7, 11) is 0. The van der Waals surface area contributed by atoms with Crippen LogP contribution in [0.5, 0.6) is 0 Å². The van der Waals surface area contributed by atoms with Crippen LogP contribution >= 0.6 is 0 Å². The second-order valence-electron chi connectivity index (χ2n) is 5.75. The summed E-state index contributed by atoms with van der Waals surface area (Å²) in [4.78, 5) is 35.8. The van der Waals surface area contributed by atoms with Crippen molar-refractivity contribution in [1.29, 1.82) is 0 Å². The van der Waals surface area contributed by atoms with Gasteiger partial charge in [0.2, 0.25) is 0 Å². The zero-order valence-corrected chi connectivity index (χ0v) is 14.3. The van der Waals surface area contributed by atoms with Gasteiger partial charge in [-0.05, 0) is 39.8 Å². The number of hydrogen-bond donors (Lipinski definition) is 0. The molecule has 0 saturated carbocycles. The predicted molar refractivity (Wildman–Crippen MR) is 90.2 cm³/mol. The molecule has 0 aliphatic carbocycles. The summed E-state index contributed by atoms with van der Waals surface area (Å²) in [6.45, 7) is 7.17. The number of carbonyl (C=O) groups is 2. The van der Waals surface area contributed by atoms with Crippen molar-refractivity contribution in [3.63, 3.8) is 0 Å². The fourth-order valence-electron chi connectivity index (χ4n) is 2.38. The van der Waals surface area contributed by atoms with Crippen LogP contribution in [-0.4, -0.2) is 40.4 Å². The Bertz CT molecular complexity index is 630. The number of hydrogen-bond acceptors (Lipinski definition) is 5. The first kappa shape index (κ1) is 19.3. The topological polar surface area (TPSA) is 89.8 Å². The summed E-state index contributed by atoms with van der Waals surface area (Å²) in [5, 5.41) is 10.9. The lowest BCUT2D eigenvalue weighted by atomic mass is 10.1. The van der Waals surface area contributed by atoms with Crippen LogP contribution in [0.1, 0.15) is 33.3 Å². The Balaban J connectivity index is 2.67. The van der Waals surface area contributed by atoms with Gasteiger partial charge in [-0.2, -0.15) is 0 Å². The molecule has 0 aliphatic heterocycles. The van der Waals surface area contributed by atoms with E-state index in [-0.39, 0.29) is 35.8 Å². The number of nitrogens with zero attached hydrogens (tertiary/aromatic N) is 2. The van der Waals surface area contributed by atoms with Crippen LogP contribution in [0.4, 0.5) is 5.69 Å². The monoisotopic (exact) mass is 334 g/mol. The van der Waals surface area contributed by atoms with Gasteiger partial charge in [0.05, 0.1) is 10.5 Å². The normalized spacial score (nSPS) is 11.1. The summed E-state index contributed by atoms with van der Waals surface area (Å²) in [6, 6.07) is 6.03. The van der Waals surface area contributed by atoms with Crippen LogP contribution in [-0.2, 0) is 14.3 Å². The van der Waals surface area contributed by atoms with E-state index in [4.69, 9.17) is 4.74 Å². The molecule has 7 heteroatoms. The molecule has 130 valence electrons.